The molecule has 0 spiro atoms. The van der Waals surface area contributed by atoms with Gasteiger partial charge < -0.3 is 0 Å². The van der Waals surface area contributed by atoms with Crippen LogP contribution in [-0.2, 0) is 0 Å². The van der Waals surface area contributed by atoms with Gasteiger partial charge in [-0.3, -0.25) is 4.79 Å². The Balaban J connectivity index is 3.16. The highest BCUT2D eigenvalue weighted by atomic mass is 35.5. The molecule has 0 atom stereocenters. The van der Waals surface area contributed by atoms with Gasteiger partial charge in [-0.15, -0.1) is 0 Å². The molecule has 0 fully saturated rings. The fraction of sp³-hybridized carbons (Fsp3) is 0.100. The van der Waals surface area contributed by atoms with E-state index >= 15 is 0 Å². The third kappa shape index (κ3) is 2.33. The van der Waals surface area contributed by atoms with Crippen molar-refractivity contribution in [3.63, 3.8) is 0 Å². The largest absolute Gasteiger partial charge is 0.289 e. The Labute approximate surface area is 87.0 Å². The number of halogens is 2. The van der Waals surface area contributed by atoms with Gasteiger partial charge in [0, 0.05) is 10.6 Å². The van der Waals surface area contributed by atoms with Gasteiger partial charge in [-0.05, 0) is 30.7 Å². The van der Waals surface area contributed by atoms with Gasteiger partial charge in [0.1, 0.15) is 0 Å². The summed E-state index contributed by atoms with van der Waals surface area (Å²) in [6, 6.07) is 4.77. The van der Waals surface area contributed by atoms with Crippen LogP contribution in [0.15, 0.2) is 30.4 Å². The van der Waals surface area contributed by atoms with Crippen LogP contribution >= 0.6 is 23.2 Å². The van der Waals surface area contributed by atoms with Crippen LogP contribution in [0.3, 0.4) is 0 Å². The minimum Gasteiger partial charge on any atom is -0.289 e. The summed E-state index contributed by atoms with van der Waals surface area (Å²) in [6.45, 7) is 5.20. The fourth-order valence-corrected chi connectivity index (χ4v) is 1.40. The van der Waals surface area contributed by atoms with E-state index in [0.29, 0.717) is 21.2 Å². The lowest BCUT2D eigenvalue weighted by molar-refractivity contribution is 0.103. The molecule has 0 unspecified atom stereocenters. The summed E-state index contributed by atoms with van der Waals surface area (Å²) in [7, 11) is 0. The van der Waals surface area contributed by atoms with Crippen molar-refractivity contribution in [2.24, 2.45) is 0 Å². The average molecular weight is 215 g/mol. The SMILES string of the molecule is C=C(C)C(=O)c1ccc(Cl)cc1Cl. The second kappa shape index (κ2) is 3.95. The Morgan fingerprint density at radius 3 is 2.46 bits per heavy atom. The lowest BCUT2D eigenvalue weighted by atomic mass is 10.1. The van der Waals surface area contributed by atoms with Crippen molar-refractivity contribution in [3.8, 4) is 0 Å². The van der Waals surface area contributed by atoms with E-state index in [4.69, 9.17) is 23.2 Å². The normalized spacial score (nSPS) is 9.77. The highest BCUT2D eigenvalue weighted by Gasteiger charge is 2.10. The van der Waals surface area contributed by atoms with E-state index in [1.165, 1.54) is 0 Å². The summed E-state index contributed by atoms with van der Waals surface area (Å²) < 4.78 is 0. The van der Waals surface area contributed by atoms with Crippen LogP contribution in [-0.4, -0.2) is 5.78 Å². The zero-order chi connectivity index (χ0) is 10.0. The van der Waals surface area contributed by atoms with Crippen LogP contribution < -0.4 is 0 Å². The first-order chi connectivity index (χ1) is 6.02. The molecule has 0 saturated heterocycles. The Hall–Kier alpha value is -0.790. The molecule has 0 radical (unpaired) electrons. The first-order valence-electron chi connectivity index (χ1n) is 3.67. The molecule has 1 aromatic carbocycles. The summed E-state index contributed by atoms with van der Waals surface area (Å²) in [5.74, 6) is -0.151. The number of hydrogen-bond donors (Lipinski definition) is 0. The zero-order valence-electron chi connectivity index (χ0n) is 7.10. The van der Waals surface area contributed by atoms with E-state index in [0.717, 1.165) is 0 Å². The molecular weight excluding hydrogens is 207 g/mol. The molecular formula is C10H8Cl2O. The van der Waals surface area contributed by atoms with Gasteiger partial charge in [-0.2, -0.15) is 0 Å². The summed E-state index contributed by atoms with van der Waals surface area (Å²) in [6.07, 6.45) is 0. The van der Waals surface area contributed by atoms with Crippen molar-refractivity contribution in [1.29, 1.82) is 0 Å². The zero-order valence-corrected chi connectivity index (χ0v) is 8.62. The molecule has 1 rings (SSSR count). The number of rotatable bonds is 2. The van der Waals surface area contributed by atoms with E-state index in [1.54, 1.807) is 25.1 Å². The maximum Gasteiger partial charge on any atom is 0.189 e. The van der Waals surface area contributed by atoms with Crippen LogP contribution in [0.25, 0.3) is 0 Å². The third-order valence-electron chi connectivity index (χ3n) is 1.56. The molecule has 68 valence electrons. The Bertz CT molecular complexity index is 369. The van der Waals surface area contributed by atoms with Crippen molar-refractivity contribution < 1.29 is 4.79 Å². The number of hydrogen-bond acceptors (Lipinski definition) is 1. The molecule has 0 aliphatic heterocycles. The smallest absolute Gasteiger partial charge is 0.189 e. The maximum atomic E-state index is 11.4. The van der Waals surface area contributed by atoms with Crippen LogP contribution in [0.4, 0.5) is 0 Å². The first kappa shape index (κ1) is 10.3. The molecule has 3 heteroatoms. The van der Waals surface area contributed by atoms with E-state index < -0.39 is 0 Å². The molecule has 0 heterocycles. The van der Waals surface area contributed by atoms with Crippen molar-refractivity contribution >= 4 is 29.0 Å². The second-order valence-corrected chi connectivity index (χ2v) is 3.58. The van der Waals surface area contributed by atoms with Gasteiger partial charge in [0.2, 0.25) is 0 Å². The van der Waals surface area contributed by atoms with Gasteiger partial charge in [-0.1, -0.05) is 29.8 Å². The maximum absolute atomic E-state index is 11.4. The van der Waals surface area contributed by atoms with Gasteiger partial charge in [-0.25, -0.2) is 0 Å². The van der Waals surface area contributed by atoms with Crippen molar-refractivity contribution in [2.75, 3.05) is 0 Å². The minimum absolute atomic E-state index is 0.151. The second-order valence-electron chi connectivity index (χ2n) is 2.73. The van der Waals surface area contributed by atoms with E-state index in [-0.39, 0.29) is 5.78 Å². The van der Waals surface area contributed by atoms with Gasteiger partial charge >= 0.3 is 0 Å². The molecule has 0 aliphatic rings. The van der Waals surface area contributed by atoms with E-state index in [1.807, 2.05) is 0 Å². The summed E-state index contributed by atoms with van der Waals surface area (Å²) in [5, 5.41) is 0.878. The Kier molecular flexibility index (Phi) is 3.12. The van der Waals surface area contributed by atoms with Gasteiger partial charge in [0.25, 0.3) is 0 Å². The molecule has 0 aromatic heterocycles. The summed E-state index contributed by atoms with van der Waals surface area (Å²) in [5.41, 5.74) is 0.905. The summed E-state index contributed by atoms with van der Waals surface area (Å²) in [4.78, 5) is 11.4. The molecule has 13 heavy (non-hydrogen) atoms. The fourth-order valence-electron chi connectivity index (χ4n) is 0.904. The number of ketones is 1. The quantitative estimate of drug-likeness (QED) is 0.542. The lowest BCUT2D eigenvalue weighted by Gasteiger charge is -2.02. The summed E-state index contributed by atoms with van der Waals surface area (Å²) >= 11 is 11.5. The molecule has 0 saturated carbocycles. The molecule has 1 nitrogen and oxygen atoms in total. The van der Waals surface area contributed by atoms with Crippen LogP contribution in [0.1, 0.15) is 17.3 Å². The number of benzene rings is 1. The molecule has 1 aromatic rings. The minimum atomic E-state index is -0.151. The monoisotopic (exact) mass is 214 g/mol. The molecule has 0 N–H and O–H groups in total. The van der Waals surface area contributed by atoms with Crippen LogP contribution in [0, 0.1) is 0 Å². The van der Waals surface area contributed by atoms with Gasteiger partial charge in [0.05, 0.1) is 5.02 Å². The number of carbonyl (C=O) groups is 1. The Morgan fingerprint density at radius 2 is 2.00 bits per heavy atom. The van der Waals surface area contributed by atoms with Gasteiger partial charge in [0.15, 0.2) is 5.78 Å². The van der Waals surface area contributed by atoms with Crippen molar-refractivity contribution in [1.82, 2.24) is 0 Å². The van der Waals surface area contributed by atoms with Crippen LogP contribution in [0.2, 0.25) is 10.0 Å². The molecule has 0 amide bonds. The lowest BCUT2D eigenvalue weighted by Crippen LogP contribution is -1.99. The van der Waals surface area contributed by atoms with Crippen molar-refractivity contribution in [3.05, 3.63) is 46.0 Å². The average Bonchev–Trinajstić information content (AvgIpc) is 2.03. The highest BCUT2D eigenvalue weighted by Crippen LogP contribution is 2.22. The van der Waals surface area contributed by atoms with E-state index in [9.17, 15) is 4.79 Å². The number of Topliss-reactive ketones (excluding diaryl/α,β-unsaturated/α-hetero) is 1. The highest BCUT2D eigenvalue weighted by molar-refractivity contribution is 6.37. The molecule has 0 bridgehead atoms. The predicted molar refractivity (Wildman–Crippen MR) is 55.6 cm³/mol. The number of allylic oxidation sites excluding steroid dienone is 1. The Morgan fingerprint density at radius 1 is 1.38 bits per heavy atom. The number of carbonyl (C=O) groups excluding carboxylic acids is 1. The molecule has 0 aliphatic carbocycles. The van der Waals surface area contributed by atoms with E-state index in [2.05, 4.69) is 6.58 Å². The third-order valence-corrected chi connectivity index (χ3v) is 2.11. The van der Waals surface area contributed by atoms with Crippen LogP contribution in [0.5, 0.6) is 0 Å². The topological polar surface area (TPSA) is 17.1 Å². The predicted octanol–water partition coefficient (Wildman–Crippen LogP) is 3.75. The first-order valence-corrected chi connectivity index (χ1v) is 4.43. The van der Waals surface area contributed by atoms with Crippen molar-refractivity contribution in [2.45, 2.75) is 6.92 Å². The standard InChI is InChI=1S/C10H8Cl2O/c1-6(2)10(13)8-4-3-7(11)5-9(8)12/h3-5H,1H2,2H3.